The lowest BCUT2D eigenvalue weighted by molar-refractivity contribution is -0.169. The minimum atomic E-state index is -0.857. The predicted octanol–water partition coefficient (Wildman–Crippen LogP) is -2.02. The molecule has 0 bridgehead atoms. The van der Waals surface area contributed by atoms with Crippen molar-refractivity contribution in [2.24, 2.45) is 0 Å². The van der Waals surface area contributed by atoms with Gasteiger partial charge in [-0.15, -0.1) is 0 Å². The predicted molar refractivity (Wildman–Crippen MR) is 82.9 cm³/mol. The summed E-state index contributed by atoms with van der Waals surface area (Å²) in [5.74, 6) is 0. The first-order valence-corrected chi connectivity index (χ1v) is 8.10. The zero-order valence-corrected chi connectivity index (χ0v) is 13.7. The Hall–Kier alpha value is -1.56. The zero-order valence-electron chi connectivity index (χ0n) is 13.7. The monoisotopic (exact) mass is 358 g/mol. The quantitative estimate of drug-likeness (QED) is 0.472. The summed E-state index contributed by atoms with van der Waals surface area (Å²) < 4.78 is 17.7. The van der Waals surface area contributed by atoms with Gasteiger partial charge in [-0.25, -0.2) is 4.79 Å². The third kappa shape index (κ3) is 3.84. The number of aliphatic hydroxyl groups is 3. The number of aromatic nitrogens is 2. The van der Waals surface area contributed by atoms with E-state index in [4.69, 9.17) is 19.3 Å². The molecule has 140 valence electrons. The van der Waals surface area contributed by atoms with Crippen molar-refractivity contribution in [3.63, 3.8) is 0 Å². The number of ether oxygens (including phenoxy) is 3. The van der Waals surface area contributed by atoms with Gasteiger partial charge in [-0.1, -0.05) is 0 Å². The van der Waals surface area contributed by atoms with E-state index in [1.54, 1.807) is 6.92 Å². The second-order valence-electron chi connectivity index (χ2n) is 6.33. The average Bonchev–Trinajstić information content (AvgIpc) is 3.11. The van der Waals surface area contributed by atoms with E-state index in [9.17, 15) is 19.8 Å². The van der Waals surface area contributed by atoms with Crippen LogP contribution in [0.2, 0.25) is 0 Å². The van der Waals surface area contributed by atoms with Gasteiger partial charge < -0.3 is 29.5 Å². The number of hydrogen-bond donors (Lipinski definition) is 4. The number of hydrogen-bond acceptors (Lipinski definition) is 8. The summed E-state index contributed by atoms with van der Waals surface area (Å²) in [5, 5.41) is 28.8. The van der Waals surface area contributed by atoms with Gasteiger partial charge in [-0.3, -0.25) is 14.3 Å². The van der Waals surface area contributed by atoms with E-state index in [0.717, 1.165) is 0 Å². The summed E-state index contributed by atoms with van der Waals surface area (Å²) in [6.07, 6.45) is -2.66. The van der Waals surface area contributed by atoms with Gasteiger partial charge in [0.15, 0.2) is 6.29 Å². The van der Waals surface area contributed by atoms with Crippen LogP contribution in [0.5, 0.6) is 0 Å². The highest BCUT2D eigenvalue weighted by Gasteiger charge is 2.38. The number of rotatable bonds is 5. The van der Waals surface area contributed by atoms with Crippen molar-refractivity contribution in [2.75, 3.05) is 13.2 Å². The summed E-state index contributed by atoms with van der Waals surface area (Å²) in [5.41, 5.74) is -0.710. The molecule has 0 saturated carbocycles. The highest BCUT2D eigenvalue weighted by atomic mass is 16.7. The van der Waals surface area contributed by atoms with Crippen molar-refractivity contribution < 1.29 is 29.5 Å². The van der Waals surface area contributed by atoms with Crippen LogP contribution in [-0.2, 0) is 14.2 Å². The van der Waals surface area contributed by atoms with Crippen LogP contribution in [0, 0.1) is 6.92 Å². The molecule has 0 aromatic carbocycles. The molecule has 3 heterocycles. The summed E-state index contributed by atoms with van der Waals surface area (Å²) in [7, 11) is 0. The van der Waals surface area contributed by atoms with Gasteiger partial charge in [0.05, 0.1) is 25.4 Å². The first kappa shape index (κ1) is 18.2. The fraction of sp³-hybridized carbons (Fsp3) is 0.733. The van der Waals surface area contributed by atoms with Crippen LogP contribution in [0.4, 0.5) is 0 Å². The first-order valence-electron chi connectivity index (χ1n) is 8.10. The smallest absolute Gasteiger partial charge is 0.330 e. The Bertz CT molecular complexity index is 716. The normalized spacial score (nSPS) is 35.4. The maximum atomic E-state index is 11.9. The van der Waals surface area contributed by atoms with E-state index >= 15 is 0 Å². The van der Waals surface area contributed by atoms with E-state index in [1.807, 2.05) is 0 Å². The highest BCUT2D eigenvalue weighted by Crippen LogP contribution is 2.29. The van der Waals surface area contributed by atoms with E-state index in [-0.39, 0.29) is 26.1 Å². The Kier molecular flexibility index (Phi) is 5.37. The average molecular weight is 358 g/mol. The maximum Gasteiger partial charge on any atom is 0.330 e. The third-order valence-electron chi connectivity index (χ3n) is 4.48. The molecule has 6 atom stereocenters. The molecule has 3 rings (SSSR count). The molecule has 1 unspecified atom stereocenters. The molecular weight excluding hydrogens is 336 g/mol. The molecule has 0 aliphatic carbocycles. The van der Waals surface area contributed by atoms with Crippen LogP contribution >= 0.6 is 0 Å². The zero-order chi connectivity index (χ0) is 18.1. The molecular formula is C15H22N2O8. The third-order valence-corrected chi connectivity index (χ3v) is 4.48. The van der Waals surface area contributed by atoms with E-state index in [0.29, 0.717) is 5.56 Å². The topological polar surface area (TPSA) is 143 Å². The van der Waals surface area contributed by atoms with Gasteiger partial charge in [-0.2, -0.15) is 0 Å². The van der Waals surface area contributed by atoms with E-state index in [2.05, 4.69) is 4.98 Å². The molecule has 2 aliphatic heterocycles. The molecule has 2 fully saturated rings. The molecule has 10 heteroatoms. The molecule has 1 aromatic rings. The molecule has 25 heavy (non-hydrogen) atoms. The summed E-state index contributed by atoms with van der Waals surface area (Å²) in [6, 6.07) is 0. The number of nitrogens with zero attached hydrogens (tertiary/aromatic N) is 1. The maximum absolute atomic E-state index is 11.9. The molecule has 0 spiro atoms. The van der Waals surface area contributed by atoms with Gasteiger partial charge >= 0.3 is 5.69 Å². The molecule has 2 aliphatic rings. The van der Waals surface area contributed by atoms with Crippen molar-refractivity contribution >= 4 is 0 Å². The summed E-state index contributed by atoms with van der Waals surface area (Å²) in [4.78, 5) is 25.5. The van der Waals surface area contributed by atoms with Gasteiger partial charge in [0, 0.05) is 24.6 Å². The van der Waals surface area contributed by atoms with Gasteiger partial charge in [-0.05, 0) is 6.92 Å². The summed E-state index contributed by atoms with van der Waals surface area (Å²) >= 11 is 0. The number of H-pyrrole nitrogens is 1. The lowest BCUT2D eigenvalue weighted by Gasteiger charge is -2.19. The number of nitrogens with one attached hydrogen (secondary N) is 1. The van der Waals surface area contributed by atoms with Crippen LogP contribution < -0.4 is 11.2 Å². The number of aryl methyl sites for hydroxylation is 1. The number of aromatic amines is 1. The molecule has 0 radical (unpaired) electrons. The van der Waals surface area contributed by atoms with Crippen LogP contribution in [0.1, 0.15) is 24.6 Å². The van der Waals surface area contributed by atoms with Crippen molar-refractivity contribution in [3.8, 4) is 0 Å². The van der Waals surface area contributed by atoms with Crippen molar-refractivity contribution in [1.82, 2.24) is 9.55 Å². The second kappa shape index (κ2) is 7.36. The SMILES string of the molecule is Cc1cn([C@H]2C[C@H](O)[C@@H](COC3C[C@H](O)[C@@H](CO)O3)O2)c(=O)[nH]c1=O. The van der Waals surface area contributed by atoms with Crippen molar-refractivity contribution in [1.29, 1.82) is 0 Å². The van der Waals surface area contributed by atoms with E-state index in [1.165, 1.54) is 10.8 Å². The minimum absolute atomic E-state index is 0.00425. The standard InChI is InChI=1S/C15H22N2O8/c1-7-4-17(15(22)16-14(7)21)12-2-8(19)11(24-12)6-23-13-3-9(20)10(5-18)25-13/h4,8-13,18-20H,2-3,5-6H2,1H3,(H,16,21,22)/t8-,9-,10+,11+,12+,13?/m0/s1. The van der Waals surface area contributed by atoms with Gasteiger partial charge in [0.2, 0.25) is 0 Å². The van der Waals surface area contributed by atoms with Gasteiger partial charge in [0.25, 0.3) is 5.56 Å². The lowest BCUT2D eigenvalue weighted by atomic mass is 10.2. The van der Waals surface area contributed by atoms with Gasteiger partial charge in [0.1, 0.15) is 18.4 Å². The highest BCUT2D eigenvalue weighted by molar-refractivity contribution is 5.02. The largest absolute Gasteiger partial charge is 0.394 e. The Morgan fingerprint density at radius 3 is 2.64 bits per heavy atom. The molecule has 10 nitrogen and oxygen atoms in total. The van der Waals surface area contributed by atoms with E-state index < -0.39 is 48.2 Å². The fourth-order valence-electron chi connectivity index (χ4n) is 3.00. The van der Waals surface area contributed by atoms with Crippen LogP contribution in [-0.4, -0.2) is 68.8 Å². The molecule has 1 aromatic heterocycles. The molecule has 2 saturated heterocycles. The Morgan fingerprint density at radius 1 is 1.24 bits per heavy atom. The fourth-order valence-corrected chi connectivity index (χ4v) is 3.00. The van der Waals surface area contributed by atoms with Crippen LogP contribution in [0.3, 0.4) is 0 Å². The van der Waals surface area contributed by atoms with Crippen molar-refractivity contribution in [2.45, 2.75) is 56.7 Å². The lowest BCUT2D eigenvalue weighted by Crippen LogP contribution is -2.33. The summed E-state index contributed by atoms with van der Waals surface area (Å²) in [6.45, 7) is 1.27. The van der Waals surface area contributed by atoms with Crippen LogP contribution in [0.15, 0.2) is 15.8 Å². The Labute approximate surface area is 142 Å². The van der Waals surface area contributed by atoms with Crippen LogP contribution in [0.25, 0.3) is 0 Å². The second-order valence-corrected chi connectivity index (χ2v) is 6.33. The molecule has 4 N–H and O–H groups in total. The number of aliphatic hydroxyl groups excluding tert-OH is 3. The first-order chi connectivity index (χ1) is 11.9. The Morgan fingerprint density at radius 2 is 1.96 bits per heavy atom. The minimum Gasteiger partial charge on any atom is -0.394 e. The Balaban J connectivity index is 1.60. The molecule has 0 amide bonds. The van der Waals surface area contributed by atoms with Crippen molar-refractivity contribution in [3.05, 3.63) is 32.6 Å².